The minimum Gasteiger partial charge on any atom is -0.477 e. The highest BCUT2D eigenvalue weighted by atomic mass is 19.4. The van der Waals surface area contributed by atoms with Gasteiger partial charge in [0.15, 0.2) is 0 Å². The van der Waals surface area contributed by atoms with Crippen molar-refractivity contribution in [3.05, 3.63) is 45.2 Å². The third kappa shape index (κ3) is 2.63. The lowest BCUT2D eigenvalue weighted by Gasteiger charge is -2.13. The smallest absolute Gasteiger partial charge is 0.432 e. The number of fused-ring (bicyclic) bond motifs is 1. The molecule has 0 atom stereocenters. The second-order valence-electron chi connectivity index (χ2n) is 4.27. The summed E-state index contributed by atoms with van der Waals surface area (Å²) < 4.78 is 76.0. The van der Waals surface area contributed by atoms with Crippen LogP contribution in [0.5, 0.6) is 0 Å². The number of hydrogen-bond donors (Lipinski definition) is 2. The molecule has 0 spiro atoms. The molecule has 118 valence electrons. The van der Waals surface area contributed by atoms with Crippen molar-refractivity contribution in [3.8, 4) is 0 Å². The first-order valence-corrected chi connectivity index (χ1v) is 5.50. The van der Waals surface area contributed by atoms with Gasteiger partial charge in [0.05, 0.1) is 11.1 Å². The third-order valence-corrected chi connectivity index (χ3v) is 2.83. The van der Waals surface area contributed by atoms with Gasteiger partial charge >= 0.3 is 18.3 Å². The van der Waals surface area contributed by atoms with E-state index in [4.69, 9.17) is 5.11 Å². The van der Waals surface area contributed by atoms with Crippen LogP contribution in [0, 0.1) is 0 Å². The maximum absolute atomic E-state index is 12.8. The van der Waals surface area contributed by atoms with Gasteiger partial charge in [-0.3, -0.25) is 4.79 Å². The van der Waals surface area contributed by atoms with Gasteiger partial charge in [0.25, 0.3) is 0 Å². The molecule has 0 radical (unpaired) electrons. The van der Waals surface area contributed by atoms with Gasteiger partial charge in [-0.2, -0.15) is 26.3 Å². The quantitative estimate of drug-likeness (QED) is 0.791. The van der Waals surface area contributed by atoms with Gasteiger partial charge in [-0.1, -0.05) is 0 Å². The summed E-state index contributed by atoms with van der Waals surface area (Å²) in [5, 5.41) is 8.17. The van der Waals surface area contributed by atoms with Crippen LogP contribution >= 0.6 is 0 Å². The Morgan fingerprint density at radius 2 is 1.64 bits per heavy atom. The number of halogens is 6. The number of benzene rings is 1. The highest BCUT2D eigenvalue weighted by Gasteiger charge is 2.39. The number of carboxylic acid groups (broad SMARTS) is 1. The van der Waals surface area contributed by atoms with Gasteiger partial charge in [-0.25, -0.2) is 4.79 Å². The predicted octanol–water partition coefficient (Wildman–Crippen LogP) is 3.26. The van der Waals surface area contributed by atoms with Crippen molar-refractivity contribution in [3.63, 3.8) is 0 Å². The SMILES string of the molecule is O=C(O)c1c(C(F)(F)F)[nH]c2cc(C(F)(F)F)ccc2c1=O. The summed E-state index contributed by atoms with van der Waals surface area (Å²) in [6.07, 6.45) is -10.1. The summed E-state index contributed by atoms with van der Waals surface area (Å²) in [6, 6.07) is 1.43. The van der Waals surface area contributed by atoms with E-state index in [-0.39, 0.29) is 0 Å². The van der Waals surface area contributed by atoms with Gasteiger partial charge in [-0.05, 0) is 18.2 Å². The molecule has 0 aliphatic carbocycles. The van der Waals surface area contributed by atoms with Crippen molar-refractivity contribution in [2.24, 2.45) is 0 Å². The fraction of sp³-hybridized carbons (Fsp3) is 0.167. The zero-order valence-electron chi connectivity index (χ0n) is 10.3. The normalized spacial score (nSPS) is 12.6. The Labute approximate surface area is 117 Å². The fourth-order valence-electron chi connectivity index (χ4n) is 1.88. The zero-order valence-corrected chi connectivity index (χ0v) is 10.3. The molecule has 1 heterocycles. The molecule has 0 saturated carbocycles. The molecule has 4 nitrogen and oxygen atoms in total. The van der Waals surface area contributed by atoms with Crippen molar-refractivity contribution in [2.75, 3.05) is 0 Å². The Kier molecular flexibility index (Phi) is 3.42. The maximum atomic E-state index is 12.8. The Bertz CT molecular complexity index is 818. The molecule has 1 aromatic carbocycles. The second-order valence-corrected chi connectivity index (χ2v) is 4.27. The summed E-state index contributed by atoms with van der Waals surface area (Å²) in [7, 11) is 0. The minimum atomic E-state index is -5.24. The Balaban J connectivity index is 2.92. The molecule has 22 heavy (non-hydrogen) atoms. The second kappa shape index (κ2) is 4.75. The highest BCUT2D eigenvalue weighted by molar-refractivity contribution is 5.94. The first kappa shape index (κ1) is 15.9. The number of hydrogen-bond acceptors (Lipinski definition) is 2. The van der Waals surface area contributed by atoms with Crippen molar-refractivity contribution < 1.29 is 36.2 Å². The van der Waals surface area contributed by atoms with Crippen LogP contribution in [0.4, 0.5) is 26.3 Å². The number of aromatic amines is 1. The molecular formula is C12H5F6NO3. The molecular weight excluding hydrogens is 320 g/mol. The van der Waals surface area contributed by atoms with E-state index in [0.29, 0.717) is 18.2 Å². The first-order valence-electron chi connectivity index (χ1n) is 5.50. The van der Waals surface area contributed by atoms with E-state index in [2.05, 4.69) is 0 Å². The number of aromatic nitrogens is 1. The van der Waals surface area contributed by atoms with Crippen molar-refractivity contribution in [1.82, 2.24) is 4.98 Å². The molecule has 1 aromatic heterocycles. The lowest BCUT2D eigenvalue weighted by atomic mass is 10.1. The molecule has 0 aliphatic rings. The van der Waals surface area contributed by atoms with Crippen molar-refractivity contribution >= 4 is 16.9 Å². The topological polar surface area (TPSA) is 70.2 Å². The molecule has 10 heteroatoms. The van der Waals surface area contributed by atoms with E-state index < -0.39 is 51.5 Å². The monoisotopic (exact) mass is 325 g/mol. The third-order valence-electron chi connectivity index (χ3n) is 2.83. The Hall–Kier alpha value is -2.52. The van der Waals surface area contributed by atoms with Gasteiger partial charge in [0.1, 0.15) is 11.3 Å². The fourth-order valence-corrected chi connectivity index (χ4v) is 1.88. The summed E-state index contributed by atoms with van der Waals surface area (Å²) in [6.45, 7) is 0. The van der Waals surface area contributed by atoms with Gasteiger partial charge in [-0.15, -0.1) is 0 Å². The van der Waals surface area contributed by atoms with Crippen LogP contribution in [0.25, 0.3) is 10.9 Å². The van der Waals surface area contributed by atoms with E-state index in [1.165, 1.54) is 0 Å². The van der Waals surface area contributed by atoms with Crippen LogP contribution < -0.4 is 5.43 Å². The maximum Gasteiger partial charge on any atom is 0.432 e. The number of H-pyrrole nitrogens is 1. The van der Waals surface area contributed by atoms with Gasteiger partial charge in [0, 0.05) is 5.39 Å². The number of aromatic carboxylic acids is 1. The molecule has 2 N–H and O–H groups in total. The van der Waals surface area contributed by atoms with Crippen LogP contribution in [0.3, 0.4) is 0 Å². The molecule has 0 amide bonds. The summed E-state index contributed by atoms with van der Waals surface area (Å²) in [5.74, 6) is -2.13. The average Bonchev–Trinajstić information content (AvgIpc) is 2.35. The lowest BCUT2D eigenvalue weighted by Crippen LogP contribution is -2.25. The molecule has 0 fully saturated rings. The number of carbonyl (C=O) groups is 1. The molecule has 0 aliphatic heterocycles. The minimum absolute atomic E-state index is 0.317. The number of alkyl halides is 6. The van der Waals surface area contributed by atoms with E-state index in [1.807, 2.05) is 0 Å². The molecule has 0 saturated heterocycles. The first-order chi connectivity index (χ1) is 9.93. The largest absolute Gasteiger partial charge is 0.477 e. The molecule has 2 aromatic rings. The van der Waals surface area contributed by atoms with Crippen molar-refractivity contribution in [2.45, 2.75) is 12.4 Å². The van der Waals surface area contributed by atoms with Crippen LogP contribution in [0.1, 0.15) is 21.6 Å². The average molecular weight is 325 g/mol. The standard InChI is InChI=1S/C12H5F6NO3/c13-11(14,15)4-1-2-5-6(3-4)19-9(12(16,17)18)7(8(5)20)10(21)22/h1-3H,(H,19,20)(H,21,22). The summed E-state index contributed by atoms with van der Waals surface area (Å²) >= 11 is 0. The van der Waals surface area contributed by atoms with E-state index in [0.717, 1.165) is 0 Å². The van der Waals surface area contributed by atoms with Crippen LogP contribution in [-0.2, 0) is 12.4 Å². The summed E-state index contributed by atoms with van der Waals surface area (Å²) in [5.41, 5.74) is -7.01. The predicted molar refractivity (Wildman–Crippen MR) is 61.5 cm³/mol. The van der Waals surface area contributed by atoms with Crippen LogP contribution in [0.2, 0.25) is 0 Å². The molecule has 2 rings (SSSR count). The highest BCUT2D eigenvalue weighted by Crippen LogP contribution is 2.33. The molecule has 0 bridgehead atoms. The van der Waals surface area contributed by atoms with E-state index >= 15 is 0 Å². The number of nitrogens with one attached hydrogen (secondary N) is 1. The van der Waals surface area contributed by atoms with Gasteiger partial charge in [0.2, 0.25) is 5.43 Å². The molecule has 0 unspecified atom stereocenters. The number of carboxylic acids is 1. The lowest BCUT2D eigenvalue weighted by molar-refractivity contribution is -0.141. The van der Waals surface area contributed by atoms with Gasteiger partial charge < -0.3 is 10.1 Å². The Morgan fingerprint density at radius 1 is 1.05 bits per heavy atom. The van der Waals surface area contributed by atoms with Crippen molar-refractivity contribution in [1.29, 1.82) is 0 Å². The van der Waals surface area contributed by atoms with Crippen LogP contribution in [-0.4, -0.2) is 16.1 Å². The van der Waals surface area contributed by atoms with E-state index in [1.54, 1.807) is 4.98 Å². The number of pyridine rings is 1. The Morgan fingerprint density at radius 3 is 2.09 bits per heavy atom. The van der Waals surface area contributed by atoms with E-state index in [9.17, 15) is 35.9 Å². The number of rotatable bonds is 1. The summed E-state index contributed by atoms with van der Waals surface area (Å²) in [4.78, 5) is 24.2. The van der Waals surface area contributed by atoms with Crippen LogP contribution in [0.15, 0.2) is 23.0 Å². The zero-order chi connectivity index (χ0) is 16.9.